The zero-order chi connectivity index (χ0) is 42.2. The van der Waals surface area contributed by atoms with Crippen LogP contribution in [0.1, 0.15) is 20.8 Å². The molecule has 0 aliphatic carbocycles. The number of carbonyl (C=O) groups is 1. The number of aliphatic hydroxyl groups excluding tert-OH is 14. The molecule has 1 amide bonds. The third kappa shape index (κ3) is 9.71. The Hall–Kier alpha value is -1.45. The van der Waals surface area contributed by atoms with Gasteiger partial charge in [-0.25, -0.2) is 0 Å². The summed E-state index contributed by atoms with van der Waals surface area (Å²) in [6, 6.07) is -1.71. The molecule has 5 saturated heterocycles. The van der Waals surface area contributed by atoms with Crippen molar-refractivity contribution in [3.05, 3.63) is 0 Å². The van der Waals surface area contributed by atoms with E-state index >= 15 is 0 Å². The summed E-state index contributed by atoms with van der Waals surface area (Å²) < 4.78 is 52.2. The Bertz CT molecular complexity index is 1290. The minimum atomic E-state index is -2.04. The maximum absolute atomic E-state index is 12.8. The van der Waals surface area contributed by atoms with Crippen LogP contribution < -0.4 is 5.32 Å². The van der Waals surface area contributed by atoms with Crippen molar-refractivity contribution in [3.8, 4) is 0 Å². The molecule has 15 N–H and O–H groups in total. The first-order chi connectivity index (χ1) is 26.8. The number of rotatable bonds is 12. The van der Waals surface area contributed by atoms with Crippen molar-refractivity contribution in [3.63, 3.8) is 0 Å². The number of nitrogens with one attached hydrogen (secondary N) is 1. The van der Waals surface area contributed by atoms with Crippen LogP contribution in [0.15, 0.2) is 0 Å². The number of hydrogen-bond donors (Lipinski definition) is 15. The Balaban J connectivity index is 1.56. The molecule has 25 atom stereocenters. The van der Waals surface area contributed by atoms with Gasteiger partial charge in [0.2, 0.25) is 5.91 Å². The van der Waals surface area contributed by atoms with E-state index < -0.39 is 179 Å². The van der Waals surface area contributed by atoms with E-state index in [4.69, 9.17) is 42.6 Å². The summed E-state index contributed by atoms with van der Waals surface area (Å²) in [6.07, 6.45) is -42.4. The Kier molecular flexibility index (Phi) is 16.0. The van der Waals surface area contributed by atoms with Gasteiger partial charge in [-0.15, -0.1) is 0 Å². The fourth-order valence-corrected chi connectivity index (χ4v) is 7.30. The molecule has 5 heterocycles. The van der Waals surface area contributed by atoms with Gasteiger partial charge in [-0.2, -0.15) is 0 Å². The molecule has 0 aromatic carbocycles. The van der Waals surface area contributed by atoms with Crippen LogP contribution >= 0.6 is 0 Å². The van der Waals surface area contributed by atoms with Gasteiger partial charge >= 0.3 is 0 Å². The number of amides is 1. The normalized spacial score (nSPS) is 52.3. The lowest BCUT2D eigenvalue weighted by atomic mass is 9.93. The van der Waals surface area contributed by atoms with Crippen molar-refractivity contribution >= 4 is 5.91 Å². The Morgan fingerprint density at radius 3 is 1.40 bits per heavy atom. The fraction of sp³-hybridized carbons (Fsp3) is 0.969. The van der Waals surface area contributed by atoms with E-state index in [9.17, 15) is 76.3 Å². The average molecular weight is 838 g/mol. The number of hydrogen-bond acceptors (Lipinski definition) is 24. The Labute approximate surface area is 324 Å². The maximum Gasteiger partial charge on any atom is 0.217 e. The zero-order valence-electron chi connectivity index (χ0n) is 30.9. The molecule has 0 radical (unpaired) electrons. The highest BCUT2D eigenvalue weighted by Crippen LogP contribution is 2.37. The van der Waals surface area contributed by atoms with E-state index in [1.54, 1.807) is 0 Å². The van der Waals surface area contributed by atoms with Crippen LogP contribution in [0.5, 0.6) is 0 Å². The highest BCUT2D eigenvalue weighted by Gasteiger charge is 2.58. The van der Waals surface area contributed by atoms with Crippen LogP contribution in [0.2, 0.25) is 0 Å². The van der Waals surface area contributed by atoms with Crippen LogP contribution in [0.3, 0.4) is 0 Å². The first kappa shape index (κ1) is 46.6. The van der Waals surface area contributed by atoms with Crippen molar-refractivity contribution in [2.75, 3.05) is 19.8 Å². The predicted octanol–water partition coefficient (Wildman–Crippen LogP) is -9.73. The SMILES string of the molecule is CC(=O)N[C@H]1[C@H](O[C@@H]2[C@H](O)[C@@H](O)[C@H](O)O[C@@H]2CO)O[C@H](CO)[C@@H](O[C@@H]2O[C@@H](C)[C@@H](O)[C@@H](O)[C@@H]2O)[C@@H]1O[C@@H]1O[C@H](CO)[C@H](O)[C@H](O)[C@H]1O[C@@H]1O[C@@H](C)[C@@H](O)[C@@H](O)[C@@H]1O. The quantitative estimate of drug-likeness (QED) is 0.0867. The van der Waals surface area contributed by atoms with Crippen LogP contribution in [-0.4, -0.2) is 251 Å². The first-order valence-corrected chi connectivity index (χ1v) is 18.3. The van der Waals surface area contributed by atoms with Crippen molar-refractivity contribution in [2.24, 2.45) is 0 Å². The highest BCUT2D eigenvalue weighted by atomic mass is 16.8. The van der Waals surface area contributed by atoms with Crippen LogP contribution in [0, 0.1) is 0 Å². The van der Waals surface area contributed by atoms with E-state index in [0.717, 1.165) is 6.92 Å². The second-order valence-electron chi connectivity index (χ2n) is 14.7. The standard InChI is InChI=1S/C32H55NO24/c1-7-14(38)17(41)22(46)30(49-7)55-25-12(6-36)53-29(54-24-11(5-35)51-28(48)21(45)20(24)44)13(33-9(3)37)26(25)56-32-27(19(43)16(40)10(4-34)52-32)57-31-23(47)18(42)15(39)8(2)50-31/h7-8,10-32,34-36,38-48H,4-6H2,1-3H3,(H,33,37)/t7-,8-,10+,11+,12+,13+,14+,15+,16-,17+,18+,19-,20+,21+,22-,23-,24-,25+,26+,27+,28+,29-,30-,31-,32-/m0/s1. The molecule has 332 valence electrons. The molecule has 0 aromatic heterocycles. The van der Waals surface area contributed by atoms with Gasteiger partial charge in [-0.05, 0) is 13.8 Å². The monoisotopic (exact) mass is 837 g/mol. The molecule has 5 aliphatic heterocycles. The summed E-state index contributed by atoms with van der Waals surface area (Å²) in [5, 5.41) is 150. The predicted molar refractivity (Wildman–Crippen MR) is 175 cm³/mol. The maximum atomic E-state index is 12.8. The van der Waals surface area contributed by atoms with E-state index in [1.165, 1.54) is 13.8 Å². The lowest BCUT2D eigenvalue weighted by Gasteiger charge is -2.52. The molecule has 25 nitrogen and oxygen atoms in total. The summed E-state index contributed by atoms with van der Waals surface area (Å²) in [6.45, 7) is 0.908. The molecule has 0 aromatic rings. The summed E-state index contributed by atoms with van der Waals surface area (Å²) in [5.41, 5.74) is 0. The van der Waals surface area contributed by atoms with Gasteiger partial charge < -0.3 is 119 Å². The molecule has 57 heavy (non-hydrogen) atoms. The van der Waals surface area contributed by atoms with Crippen molar-refractivity contribution < 1.29 is 119 Å². The van der Waals surface area contributed by atoms with Gasteiger partial charge in [0.05, 0.1) is 32.0 Å². The van der Waals surface area contributed by atoms with E-state index in [-0.39, 0.29) is 0 Å². The van der Waals surface area contributed by atoms with Crippen molar-refractivity contribution in [1.82, 2.24) is 5.32 Å². The van der Waals surface area contributed by atoms with Crippen molar-refractivity contribution in [2.45, 2.75) is 174 Å². The molecule has 5 fully saturated rings. The molecule has 0 unspecified atom stereocenters. The van der Waals surface area contributed by atoms with Gasteiger partial charge in [0.1, 0.15) is 110 Å². The number of aliphatic hydroxyl groups is 14. The topological polar surface area (TPSA) is 395 Å². The second kappa shape index (κ2) is 19.5. The third-order valence-electron chi connectivity index (χ3n) is 10.6. The molecule has 0 saturated carbocycles. The molecule has 5 rings (SSSR count). The third-order valence-corrected chi connectivity index (χ3v) is 10.6. The number of carbonyl (C=O) groups excluding carboxylic acids is 1. The summed E-state index contributed by atoms with van der Waals surface area (Å²) >= 11 is 0. The summed E-state index contributed by atoms with van der Waals surface area (Å²) in [7, 11) is 0. The fourth-order valence-electron chi connectivity index (χ4n) is 7.30. The average Bonchev–Trinajstić information content (AvgIpc) is 3.18. The molecule has 25 heteroatoms. The lowest BCUT2D eigenvalue weighted by Crippen LogP contribution is -2.71. The Morgan fingerprint density at radius 1 is 0.456 bits per heavy atom. The second-order valence-corrected chi connectivity index (χ2v) is 14.7. The molecule has 0 bridgehead atoms. The zero-order valence-corrected chi connectivity index (χ0v) is 30.9. The Morgan fingerprint density at radius 2 is 0.895 bits per heavy atom. The van der Waals surface area contributed by atoms with Crippen LogP contribution in [0.4, 0.5) is 0 Å². The van der Waals surface area contributed by atoms with E-state index in [0.29, 0.717) is 0 Å². The van der Waals surface area contributed by atoms with Crippen molar-refractivity contribution in [1.29, 1.82) is 0 Å². The first-order valence-electron chi connectivity index (χ1n) is 18.3. The summed E-state index contributed by atoms with van der Waals surface area (Å²) in [4.78, 5) is 12.8. The van der Waals surface area contributed by atoms with E-state index in [1.807, 2.05) is 0 Å². The highest BCUT2D eigenvalue weighted by molar-refractivity contribution is 5.73. The minimum Gasteiger partial charge on any atom is -0.394 e. The number of ether oxygens (including phenoxy) is 9. The summed E-state index contributed by atoms with van der Waals surface area (Å²) in [5.74, 6) is -0.816. The van der Waals surface area contributed by atoms with Crippen LogP contribution in [0.25, 0.3) is 0 Å². The van der Waals surface area contributed by atoms with E-state index in [2.05, 4.69) is 5.32 Å². The largest absolute Gasteiger partial charge is 0.394 e. The van der Waals surface area contributed by atoms with Gasteiger partial charge in [0, 0.05) is 6.92 Å². The molecular formula is C32H55NO24. The van der Waals surface area contributed by atoms with Gasteiger partial charge in [-0.1, -0.05) is 0 Å². The van der Waals surface area contributed by atoms with Crippen LogP contribution in [-0.2, 0) is 47.4 Å². The molecular weight excluding hydrogens is 782 g/mol. The molecule has 0 spiro atoms. The minimum absolute atomic E-state index is 0.816. The van der Waals surface area contributed by atoms with Gasteiger partial charge in [-0.3, -0.25) is 4.79 Å². The molecule has 5 aliphatic rings. The lowest BCUT2D eigenvalue weighted by molar-refractivity contribution is -0.397. The smallest absolute Gasteiger partial charge is 0.217 e. The van der Waals surface area contributed by atoms with Gasteiger partial charge in [0.15, 0.2) is 31.5 Å². The van der Waals surface area contributed by atoms with Gasteiger partial charge in [0.25, 0.3) is 0 Å².